The van der Waals surface area contributed by atoms with Crippen molar-refractivity contribution < 1.29 is 5.21 Å². The predicted octanol–water partition coefficient (Wildman–Crippen LogP) is 2.53. The highest BCUT2D eigenvalue weighted by Crippen LogP contribution is 2.24. The molecule has 70 valence electrons. The molecule has 1 heterocycles. The lowest BCUT2D eigenvalue weighted by Gasteiger charge is -1.99. The Hall–Kier alpha value is -0.650. The maximum Gasteiger partial charge on any atom is 0.169 e. The molecular formula is C7H7BrClN3O. The van der Waals surface area contributed by atoms with Crippen LogP contribution in [0.25, 0.3) is 0 Å². The van der Waals surface area contributed by atoms with Crippen LogP contribution in [0.15, 0.2) is 21.6 Å². The molecule has 1 rings (SSSR count). The maximum absolute atomic E-state index is 8.50. The first-order valence-electron chi connectivity index (χ1n) is 3.41. The number of halogens is 2. The normalized spacial score (nSPS) is 11.5. The Morgan fingerprint density at radius 2 is 2.38 bits per heavy atom. The van der Waals surface area contributed by atoms with Crippen molar-refractivity contribution in [1.29, 1.82) is 0 Å². The van der Waals surface area contributed by atoms with E-state index in [1.807, 2.05) is 5.48 Å². The zero-order valence-electron chi connectivity index (χ0n) is 6.75. The first-order valence-corrected chi connectivity index (χ1v) is 4.58. The molecule has 0 radical (unpaired) electrons. The van der Waals surface area contributed by atoms with Crippen LogP contribution in [0, 0.1) is 0 Å². The summed E-state index contributed by atoms with van der Waals surface area (Å²) in [5.74, 6) is 0.766. The van der Waals surface area contributed by atoms with Crippen LogP contribution in [0.4, 0.5) is 5.82 Å². The minimum absolute atomic E-state index is 0.343. The van der Waals surface area contributed by atoms with E-state index < -0.39 is 0 Å². The molecule has 0 aliphatic carbocycles. The van der Waals surface area contributed by atoms with E-state index >= 15 is 0 Å². The fourth-order valence-corrected chi connectivity index (χ4v) is 1.12. The highest BCUT2D eigenvalue weighted by molar-refractivity contribution is 9.10. The Morgan fingerprint density at radius 3 is 3.00 bits per heavy atom. The first-order chi connectivity index (χ1) is 6.13. The Morgan fingerprint density at radius 1 is 1.69 bits per heavy atom. The molecule has 2 N–H and O–H groups in total. The van der Waals surface area contributed by atoms with E-state index in [0.717, 1.165) is 0 Å². The third-order valence-corrected chi connectivity index (χ3v) is 2.06. The van der Waals surface area contributed by atoms with Gasteiger partial charge in [0.25, 0.3) is 0 Å². The topological polar surface area (TPSA) is 57.5 Å². The molecule has 1 aromatic rings. The van der Waals surface area contributed by atoms with Crippen molar-refractivity contribution in [3.63, 3.8) is 0 Å². The van der Waals surface area contributed by atoms with Gasteiger partial charge in [0.15, 0.2) is 5.82 Å². The van der Waals surface area contributed by atoms with E-state index in [1.54, 1.807) is 19.1 Å². The molecule has 0 aromatic carbocycles. The largest absolute Gasteiger partial charge is 0.290 e. The molecule has 0 spiro atoms. The van der Waals surface area contributed by atoms with Gasteiger partial charge in [-0.25, -0.2) is 9.98 Å². The van der Waals surface area contributed by atoms with Crippen LogP contribution in [0.1, 0.15) is 6.92 Å². The van der Waals surface area contributed by atoms with Gasteiger partial charge >= 0.3 is 0 Å². The molecule has 0 unspecified atom stereocenters. The minimum atomic E-state index is 0.343. The van der Waals surface area contributed by atoms with E-state index in [0.29, 0.717) is 21.3 Å². The summed E-state index contributed by atoms with van der Waals surface area (Å²) < 4.78 is 0.714. The van der Waals surface area contributed by atoms with Gasteiger partial charge in [0.1, 0.15) is 11.0 Å². The van der Waals surface area contributed by atoms with Gasteiger partial charge in [-0.1, -0.05) is 11.6 Å². The van der Waals surface area contributed by atoms with E-state index in [9.17, 15) is 0 Å². The second-order valence-corrected chi connectivity index (χ2v) is 3.49. The summed E-state index contributed by atoms with van der Waals surface area (Å²) in [6, 6.07) is 3.38. The van der Waals surface area contributed by atoms with E-state index in [4.69, 9.17) is 16.8 Å². The molecular weight excluding hydrogens is 257 g/mol. The number of hydrogen-bond acceptors (Lipinski definition) is 3. The van der Waals surface area contributed by atoms with Crippen LogP contribution in [0.5, 0.6) is 0 Å². The van der Waals surface area contributed by atoms with Crippen LogP contribution < -0.4 is 5.48 Å². The molecule has 0 aliphatic heterocycles. The van der Waals surface area contributed by atoms with Crippen LogP contribution in [-0.2, 0) is 0 Å². The van der Waals surface area contributed by atoms with E-state index in [2.05, 4.69) is 25.9 Å². The van der Waals surface area contributed by atoms with Gasteiger partial charge in [0.2, 0.25) is 0 Å². The van der Waals surface area contributed by atoms with Crippen LogP contribution in [0.2, 0.25) is 5.15 Å². The number of amidine groups is 1. The number of rotatable bonds is 1. The van der Waals surface area contributed by atoms with Crippen molar-refractivity contribution in [2.75, 3.05) is 0 Å². The molecule has 0 atom stereocenters. The van der Waals surface area contributed by atoms with Gasteiger partial charge in [0, 0.05) is 0 Å². The average Bonchev–Trinajstić information content (AvgIpc) is 2.11. The molecule has 0 saturated heterocycles. The van der Waals surface area contributed by atoms with Crippen molar-refractivity contribution in [1.82, 2.24) is 10.5 Å². The van der Waals surface area contributed by atoms with Crippen molar-refractivity contribution in [2.45, 2.75) is 6.92 Å². The summed E-state index contributed by atoms with van der Waals surface area (Å²) in [5.41, 5.74) is 1.91. The third-order valence-electron chi connectivity index (χ3n) is 1.23. The Balaban J connectivity index is 3.07. The first kappa shape index (κ1) is 10.4. The maximum atomic E-state index is 8.50. The fraction of sp³-hybridized carbons (Fsp3) is 0.143. The number of nitrogens with one attached hydrogen (secondary N) is 1. The molecule has 1 aromatic heterocycles. The molecule has 0 amide bonds. The smallest absolute Gasteiger partial charge is 0.169 e. The number of aromatic nitrogens is 1. The molecule has 0 aliphatic rings. The van der Waals surface area contributed by atoms with Gasteiger partial charge in [-0.05, 0) is 35.0 Å². The summed E-state index contributed by atoms with van der Waals surface area (Å²) in [7, 11) is 0. The number of aliphatic imine (C=N–C) groups is 1. The minimum Gasteiger partial charge on any atom is -0.290 e. The van der Waals surface area contributed by atoms with Crippen molar-refractivity contribution in [3.05, 3.63) is 21.8 Å². The lowest BCUT2D eigenvalue weighted by molar-refractivity contribution is 0.234. The Bertz CT molecular complexity index is 343. The number of nitrogens with zero attached hydrogens (tertiary/aromatic N) is 2. The second-order valence-electron chi connectivity index (χ2n) is 2.25. The zero-order chi connectivity index (χ0) is 9.84. The third kappa shape index (κ3) is 2.95. The quantitative estimate of drug-likeness (QED) is 0.355. The summed E-state index contributed by atoms with van der Waals surface area (Å²) in [5, 5.41) is 8.85. The summed E-state index contributed by atoms with van der Waals surface area (Å²) in [6.45, 7) is 1.61. The molecule has 0 saturated carbocycles. The summed E-state index contributed by atoms with van der Waals surface area (Å²) in [6.07, 6.45) is 0. The Labute approximate surface area is 88.7 Å². The monoisotopic (exact) mass is 263 g/mol. The van der Waals surface area contributed by atoms with E-state index in [1.165, 1.54) is 0 Å². The molecule has 13 heavy (non-hydrogen) atoms. The van der Waals surface area contributed by atoms with Gasteiger partial charge < -0.3 is 0 Å². The summed E-state index contributed by atoms with van der Waals surface area (Å²) in [4.78, 5) is 7.89. The average molecular weight is 265 g/mol. The molecule has 6 heteroatoms. The fourth-order valence-electron chi connectivity index (χ4n) is 0.671. The zero-order valence-corrected chi connectivity index (χ0v) is 9.09. The Kier molecular flexibility index (Phi) is 3.65. The molecule has 4 nitrogen and oxygen atoms in total. The highest BCUT2D eigenvalue weighted by atomic mass is 79.9. The van der Waals surface area contributed by atoms with Gasteiger partial charge in [-0.15, -0.1) is 0 Å². The second kappa shape index (κ2) is 4.55. The highest BCUT2D eigenvalue weighted by Gasteiger charge is 2.00. The standard InChI is InChI=1S/C7H7BrClN3O/c1-4(12-13)10-7-5(8)2-3-6(9)11-7/h2-3,13H,1H3,(H,10,11,12). The van der Waals surface area contributed by atoms with Crippen LogP contribution in [0.3, 0.4) is 0 Å². The molecule has 0 fully saturated rings. The van der Waals surface area contributed by atoms with Crippen molar-refractivity contribution in [3.8, 4) is 0 Å². The predicted molar refractivity (Wildman–Crippen MR) is 54.6 cm³/mol. The van der Waals surface area contributed by atoms with Gasteiger partial charge in [-0.3, -0.25) is 10.7 Å². The van der Waals surface area contributed by atoms with Crippen LogP contribution in [-0.4, -0.2) is 16.0 Å². The van der Waals surface area contributed by atoms with Crippen LogP contribution >= 0.6 is 27.5 Å². The van der Waals surface area contributed by atoms with Crippen molar-refractivity contribution >= 4 is 39.2 Å². The lowest BCUT2D eigenvalue weighted by Crippen LogP contribution is -2.14. The molecule has 0 bridgehead atoms. The summed E-state index contributed by atoms with van der Waals surface area (Å²) >= 11 is 8.91. The number of hydroxylamine groups is 1. The van der Waals surface area contributed by atoms with Gasteiger partial charge in [-0.2, -0.15) is 0 Å². The van der Waals surface area contributed by atoms with Crippen molar-refractivity contribution in [2.24, 2.45) is 4.99 Å². The SMILES string of the molecule is C/C(=N\c1nc(Cl)ccc1Br)NO. The van der Waals surface area contributed by atoms with Gasteiger partial charge in [0.05, 0.1) is 4.47 Å². The number of pyridine rings is 1. The van der Waals surface area contributed by atoms with E-state index in [-0.39, 0.29) is 0 Å². The number of hydrogen-bond donors (Lipinski definition) is 2. The lowest BCUT2D eigenvalue weighted by atomic mass is 10.5.